The second-order valence-corrected chi connectivity index (χ2v) is 8.42. The number of rotatable bonds is 6. The molecule has 0 radical (unpaired) electrons. The van der Waals surface area contributed by atoms with E-state index in [-0.39, 0.29) is 18.0 Å². The Hall–Kier alpha value is -2.15. The van der Waals surface area contributed by atoms with Crippen molar-refractivity contribution in [2.75, 3.05) is 12.0 Å². The summed E-state index contributed by atoms with van der Waals surface area (Å²) in [7, 11) is 0. The predicted octanol–water partition coefficient (Wildman–Crippen LogP) is 4.40. The van der Waals surface area contributed by atoms with Gasteiger partial charge in [-0.05, 0) is 40.7 Å². The fourth-order valence-corrected chi connectivity index (χ4v) is 4.77. The van der Waals surface area contributed by atoms with Gasteiger partial charge in [-0.15, -0.1) is 11.3 Å². The fraction of sp³-hybridized carbons (Fsp3) is 0.238. The second kappa shape index (κ2) is 7.84. The smallest absolute Gasteiger partial charge is 0.271 e. The zero-order valence-electron chi connectivity index (χ0n) is 15.0. The van der Waals surface area contributed by atoms with Crippen LogP contribution >= 0.6 is 23.1 Å². The van der Waals surface area contributed by atoms with Crippen molar-refractivity contribution in [3.8, 4) is 11.1 Å². The Morgan fingerprint density at radius 1 is 1.19 bits per heavy atom. The number of fused-ring (bicyclic) bond motifs is 3. The van der Waals surface area contributed by atoms with E-state index in [1.54, 1.807) is 17.1 Å². The Morgan fingerprint density at radius 3 is 2.44 bits per heavy atom. The summed E-state index contributed by atoms with van der Waals surface area (Å²) in [6.45, 7) is 0. The number of nitrogens with two attached hydrogens (primary N) is 1. The maximum Gasteiger partial charge on any atom is 0.271 e. The highest BCUT2D eigenvalue weighted by Gasteiger charge is 2.30. The van der Waals surface area contributed by atoms with E-state index in [0.717, 1.165) is 28.3 Å². The van der Waals surface area contributed by atoms with E-state index in [2.05, 4.69) is 40.8 Å². The molecule has 1 amide bonds. The van der Waals surface area contributed by atoms with Crippen molar-refractivity contribution in [1.29, 1.82) is 0 Å². The number of nitrogens with one attached hydrogen (secondary N) is 1. The molecule has 1 atom stereocenters. The lowest BCUT2D eigenvalue weighted by Gasteiger charge is -2.15. The van der Waals surface area contributed by atoms with Crippen LogP contribution in [-0.4, -0.2) is 22.9 Å². The molecule has 138 valence electrons. The van der Waals surface area contributed by atoms with Gasteiger partial charge in [0.15, 0.2) is 0 Å². The number of thiazole rings is 1. The zero-order chi connectivity index (χ0) is 18.8. The summed E-state index contributed by atoms with van der Waals surface area (Å²) in [5.41, 5.74) is 11.2. The van der Waals surface area contributed by atoms with Crippen LogP contribution in [0.2, 0.25) is 0 Å². The van der Waals surface area contributed by atoms with E-state index >= 15 is 0 Å². The molecule has 1 unspecified atom stereocenters. The maximum atomic E-state index is 12.9. The Bertz CT molecular complexity index is 924. The number of aromatic nitrogens is 1. The normalized spacial score (nSPS) is 13.9. The Labute approximate surface area is 167 Å². The van der Waals surface area contributed by atoms with Crippen molar-refractivity contribution in [2.45, 2.75) is 18.5 Å². The van der Waals surface area contributed by atoms with Gasteiger partial charge in [0.1, 0.15) is 10.7 Å². The molecule has 4 nitrogen and oxygen atoms in total. The summed E-state index contributed by atoms with van der Waals surface area (Å²) in [6.07, 6.45) is 2.92. The first kappa shape index (κ1) is 18.2. The summed E-state index contributed by atoms with van der Waals surface area (Å²) < 4.78 is 0. The number of hydrogen-bond donors (Lipinski definition) is 2. The zero-order valence-corrected chi connectivity index (χ0v) is 16.6. The first-order valence-electron chi connectivity index (χ1n) is 8.88. The van der Waals surface area contributed by atoms with Gasteiger partial charge in [0, 0.05) is 5.38 Å². The average Bonchev–Trinajstić information content (AvgIpc) is 3.31. The SMILES string of the molecule is CSCCC(N)c1nc(C(=O)NC2c3ccccc3-c3ccccc32)cs1. The molecular weight excluding hydrogens is 374 g/mol. The minimum Gasteiger partial charge on any atom is -0.340 e. The third-order valence-corrected chi connectivity index (χ3v) is 6.43. The standard InChI is InChI=1S/C21H21N3OS2/c1-26-11-10-17(22)21-23-18(12-27-21)20(25)24-19-15-8-4-2-6-13(15)14-7-3-5-9-16(14)19/h2-9,12,17,19H,10-11,22H2,1H3,(H,24,25). The van der Waals surface area contributed by atoms with Gasteiger partial charge in [-0.3, -0.25) is 4.79 Å². The van der Waals surface area contributed by atoms with Crippen LogP contribution in [0, 0.1) is 0 Å². The molecule has 1 aromatic heterocycles. The molecule has 4 rings (SSSR count). The Kier molecular flexibility index (Phi) is 5.29. The summed E-state index contributed by atoms with van der Waals surface area (Å²) >= 11 is 3.22. The summed E-state index contributed by atoms with van der Waals surface area (Å²) in [5, 5.41) is 5.79. The first-order valence-corrected chi connectivity index (χ1v) is 11.2. The predicted molar refractivity (Wildman–Crippen MR) is 113 cm³/mol. The van der Waals surface area contributed by atoms with Gasteiger partial charge in [0.25, 0.3) is 5.91 Å². The Morgan fingerprint density at radius 2 is 1.81 bits per heavy atom. The topological polar surface area (TPSA) is 68.0 Å². The molecule has 1 aliphatic carbocycles. The van der Waals surface area contributed by atoms with Crippen LogP contribution in [0.1, 0.15) is 45.1 Å². The van der Waals surface area contributed by atoms with Crippen molar-refractivity contribution in [3.63, 3.8) is 0 Å². The van der Waals surface area contributed by atoms with Gasteiger partial charge >= 0.3 is 0 Å². The fourth-order valence-electron chi connectivity index (χ4n) is 3.45. The highest BCUT2D eigenvalue weighted by atomic mass is 32.2. The monoisotopic (exact) mass is 395 g/mol. The number of carbonyl (C=O) groups is 1. The first-order chi connectivity index (χ1) is 13.2. The van der Waals surface area contributed by atoms with Crippen molar-refractivity contribution in [3.05, 3.63) is 75.7 Å². The van der Waals surface area contributed by atoms with Crippen LogP contribution < -0.4 is 11.1 Å². The highest BCUT2D eigenvalue weighted by molar-refractivity contribution is 7.98. The molecular formula is C21H21N3OS2. The lowest BCUT2D eigenvalue weighted by molar-refractivity contribution is 0.0939. The number of amides is 1. The largest absolute Gasteiger partial charge is 0.340 e. The number of benzene rings is 2. The molecule has 0 fully saturated rings. The Balaban J connectivity index is 1.56. The van der Waals surface area contributed by atoms with Crippen molar-refractivity contribution >= 4 is 29.0 Å². The third kappa shape index (κ3) is 3.52. The molecule has 3 aromatic rings. The second-order valence-electron chi connectivity index (χ2n) is 6.54. The lowest BCUT2D eigenvalue weighted by atomic mass is 10.1. The molecule has 0 bridgehead atoms. The molecule has 0 saturated carbocycles. The minimum atomic E-state index is -0.161. The van der Waals surface area contributed by atoms with Gasteiger partial charge in [-0.1, -0.05) is 48.5 Å². The van der Waals surface area contributed by atoms with Gasteiger partial charge in [-0.25, -0.2) is 4.98 Å². The molecule has 6 heteroatoms. The van der Waals surface area contributed by atoms with Crippen LogP contribution in [0.4, 0.5) is 0 Å². The van der Waals surface area contributed by atoms with E-state index in [4.69, 9.17) is 5.73 Å². The maximum absolute atomic E-state index is 12.9. The average molecular weight is 396 g/mol. The minimum absolute atomic E-state index is 0.114. The summed E-state index contributed by atoms with van der Waals surface area (Å²) in [4.78, 5) is 17.3. The van der Waals surface area contributed by atoms with Gasteiger partial charge in [0.05, 0.1) is 12.1 Å². The highest BCUT2D eigenvalue weighted by Crippen LogP contribution is 2.43. The van der Waals surface area contributed by atoms with Crippen LogP contribution in [0.5, 0.6) is 0 Å². The van der Waals surface area contributed by atoms with E-state index in [1.807, 2.05) is 24.3 Å². The molecule has 0 saturated heterocycles. The number of thioether (sulfide) groups is 1. The molecule has 1 heterocycles. The molecule has 3 N–H and O–H groups in total. The van der Waals surface area contributed by atoms with Gasteiger partial charge in [-0.2, -0.15) is 11.8 Å². The van der Waals surface area contributed by atoms with E-state index in [9.17, 15) is 4.79 Å². The van der Waals surface area contributed by atoms with Crippen LogP contribution in [-0.2, 0) is 0 Å². The molecule has 2 aromatic carbocycles. The van der Waals surface area contributed by atoms with Crippen LogP contribution in [0.15, 0.2) is 53.9 Å². The van der Waals surface area contributed by atoms with E-state index < -0.39 is 0 Å². The lowest BCUT2D eigenvalue weighted by Crippen LogP contribution is -2.28. The summed E-state index contributed by atoms with van der Waals surface area (Å²) in [6, 6.07) is 16.2. The molecule has 27 heavy (non-hydrogen) atoms. The third-order valence-electron chi connectivity index (χ3n) is 4.81. The van der Waals surface area contributed by atoms with Gasteiger partial charge in [0.2, 0.25) is 0 Å². The van der Waals surface area contributed by atoms with E-state index in [1.165, 1.54) is 22.5 Å². The van der Waals surface area contributed by atoms with E-state index in [0.29, 0.717) is 5.69 Å². The van der Waals surface area contributed by atoms with Crippen molar-refractivity contribution in [1.82, 2.24) is 10.3 Å². The molecule has 0 aliphatic heterocycles. The van der Waals surface area contributed by atoms with Crippen LogP contribution in [0.3, 0.4) is 0 Å². The number of nitrogens with zero attached hydrogens (tertiary/aromatic N) is 1. The summed E-state index contributed by atoms with van der Waals surface area (Å²) in [5.74, 6) is 0.823. The van der Waals surface area contributed by atoms with Crippen molar-refractivity contribution in [2.24, 2.45) is 5.73 Å². The van der Waals surface area contributed by atoms with Gasteiger partial charge < -0.3 is 11.1 Å². The van der Waals surface area contributed by atoms with Crippen LogP contribution in [0.25, 0.3) is 11.1 Å². The molecule has 0 spiro atoms. The van der Waals surface area contributed by atoms with Crippen molar-refractivity contribution < 1.29 is 4.79 Å². The quantitative estimate of drug-likeness (QED) is 0.649. The molecule has 1 aliphatic rings. The number of hydrogen-bond acceptors (Lipinski definition) is 5. The number of carbonyl (C=O) groups excluding carboxylic acids is 1.